The zero-order valence-corrected chi connectivity index (χ0v) is 14.6. The van der Waals surface area contributed by atoms with E-state index in [4.69, 9.17) is 10.1 Å². The first-order chi connectivity index (χ1) is 11.7. The van der Waals surface area contributed by atoms with Crippen molar-refractivity contribution in [2.45, 2.75) is 51.4 Å². The number of aliphatic carboxylic acids is 1. The lowest BCUT2D eigenvalue weighted by molar-refractivity contribution is -0.136. The summed E-state index contributed by atoms with van der Waals surface area (Å²) in [5, 5.41) is 15.1. The Morgan fingerprint density at radius 3 is 2.83 bits per heavy atom. The topological polar surface area (TPSA) is 75.1 Å². The van der Waals surface area contributed by atoms with E-state index in [1.54, 1.807) is 11.3 Å². The van der Waals surface area contributed by atoms with Crippen molar-refractivity contribution >= 4 is 23.1 Å². The molecule has 0 radical (unpaired) electrons. The Labute approximate surface area is 146 Å². The second-order valence-electron chi connectivity index (χ2n) is 6.17. The van der Waals surface area contributed by atoms with E-state index in [2.05, 4.69) is 27.8 Å². The zero-order chi connectivity index (χ0) is 16.8. The van der Waals surface area contributed by atoms with Gasteiger partial charge in [-0.15, -0.1) is 11.3 Å². The van der Waals surface area contributed by atoms with Gasteiger partial charge in [0, 0.05) is 24.0 Å². The normalized spacial score (nSPS) is 13.3. The van der Waals surface area contributed by atoms with Gasteiger partial charge < -0.3 is 10.4 Å². The molecule has 1 aliphatic heterocycles. The lowest BCUT2D eigenvalue weighted by Gasteiger charge is -2.17. The maximum absolute atomic E-state index is 10.6. The van der Waals surface area contributed by atoms with E-state index in [9.17, 15) is 4.79 Å². The molecule has 2 aromatic rings. The fourth-order valence-electron chi connectivity index (χ4n) is 2.91. The highest BCUT2D eigenvalue weighted by Gasteiger charge is 2.10. The minimum Gasteiger partial charge on any atom is -0.481 e. The molecule has 0 aromatic carbocycles. The fourth-order valence-corrected chi connectivity index (χ4v) is 3.75. The quantitative estimate of drug-likeness (QED) is 0.717. The summed E-state index contributed by atoms with van der Waals surface area (Å²) < 4.78 is 0. The average molecular weight is 345 g/mol. The zero-order valence-electron chi connectivity index (χ0n) is 13.8. The highest BCUT2D eigenvalue weighted by Crippen LogP contribution is 2.20. The van der Waals surface area contributed by atoms with Crippen molar-refractivity contribution < 1.29 is 9.90 Å². The summed E-state index contributed by atoms with van der Waals surface area (Å²) >= 11 is 1.57. The summed E-state index contributed by atoms with van der Waals surface area (Å²) in [7, 11) is 0. The summed E-state index contributed by atoms with van der Waals surface area (Å²) in [6, 6.07) is 4.36. The van der Waals surface area contributed by atoms with Gasteiger partial charge in [0.15, 0.2) is 0 Å². The minimum absolute atomic E-state index is 0.158. The summed E-state index contributed by atoms with van der Waals surface area (Å²) in [6.07, 6.45) is 7.12. The van der Waals surface area contributed by atoms with Gasteiger partial charge in [-0.25, -0.2) is 9.97 Å². The molecular weight excluding hydrogens is 322 g/mol. The summed E-state index contributed by atoms with van der Waals surface area (Å²) in [5.41, 5.74) is 3.57. The molecule has 0 spiro atoms. The number of carboxylic acid groups (broad SMARTS) is 1. The van der Waals surface area contributed by atoms with Crippen LogP contribution in [0.15, 0.2) is 17.5 Å². The van der Waals surface area contributed by atoms with Gasteiger partial charge in [-0.2, -0.15) is 0 Å². The maximum atomic E-state index is 10.6. The predicted octanol–water partition coefficient (Wildman–Crippen LogP) is 3.48. The smallest absolute Gasteiger partial charge is 0.303 e. The van der Waals surface area contributed by atoms with Crippen molar-refractivity contribution in [3.05, 3.63) is 39.5 Å². The van der Waals surface area contributed by atoms with E-state index < -0.39 is 5.97 Å². The highest BCUT2D eigenvalue weighted by molar-refractivity contribution is 7.09. The molecule has 0 saturated carbocycles. The van der Waals surface area contributed by atoms with Crippen LogP contribution in [0.2, 0.25) is 0 Å². The molecule has 0 atom stereocenters. The number of aromatic nitrogens is 2. The molecule has 0 aliphatic carbocycles. The third kappa shape index (κ3) is 4.77. The number of fused-ring (bicyclic) bond motifs is 1. The maximum Gasteiger partial charge on any atom is 0.303 e. The Bertz CT molecular complexity index is 699. The predicted molar refractivity (Wildman–Crippen MR) is 95.8 cm³/mol. The number of carboxylic acids is 1. The number of aryl methyl sites for hydroxylation is 4. The molecule has 0 fully saturated rings. The monoisotopic (exact) mass is 345 g/mol. The van der Waals surface area contributed by atoms with Crippen molar-refractivity contribution in [3.63, 3.8) is 0 Å². The van der Waals surface area contributed by atoms with Gasteiger partial charge in [-0.1, -0.05) is 6.07 Å². The molecule has 0 bridgehead atoms. The van der Waals surface area contributed by atoms with Crippen molar-refractivity contribution in [1.29, 1.82) is 0 Å². The van der Waals surface area contributed by atoms with Gasteiger partial charge in [0.05, 0.1) is 17.1 Å². The Hall–Kier alpha value is -1.95. The third-order valence-corrected chi connectivity index (χ3v) is 5.18. The van der Waals surface area contributed by atoms with Gasteiger partial charge >= 0.3 is 5.97 Å². The van der Waals surface area contributed by atoms with E-state index in [1.165, 1.54) is 12.0 Å². The van der Waals surface area contributed by atoms with Gasteiger partial charge in [-0.05, 0) is 50.2 Å². The van der Waals surface area contributed by atoms with Crippen molar-refractivity contribution in [2.75, 3.05) is 11.9 Å². The standard InChI is InChI=1S/C18H23N3O2S/c22-17(23)10-9-16-20-15(12-24-16)6-2-1-5-14-8-7-13-4-3-11-19-18(13)21-14/h7-8,12H,1-6,9-11H2,(H,19,21)(H,22,23). The van der Waals surface area contributed by atoms with Gasteiger partial charge in [0.1, 0.15) is 5.82 Å². The number of nitrogens with one attached hydrogen (secondary N) is 1. The molecule has 0 unspecified atom stereocenters. The number of pyridine rings is 1. The van der Waals surface area contributed by atoms with E-state index >= 15 is 0 Å². The molecule has 1 aliphatic rings. The molecule has 128 valence electrons. The molecule has 24 heavy (non-hydrogen) atoms. The van der Waals surface area contributed by atoms with Crippen LogP contribution in [0.5, 0.6) is 0 Å². The van der Waals surface area contributed by atoms with Crippen LogP contribution >= 0.6 is 11.3 Å². The lowest BCUT2D eigenvalue weighted by Crippen LogP contribution is -2.14. The second kappa shape index (κ2) is 8.24. The van der Waals surface area contributed by atoms with Crippen LogP contribution in [0.25, 0.3) is 0 Å². The molecule has 6 heteroatoms. The van der Waals surface area contributed by atoms with Crippen LogP contribution in [0.3, 0.4) is 0 Å². The Morgan fingerprint density at radius 2 is 2.00 bits per heavy atom. The number of rotatable bonds is 8. The van der Waals surface area contributed by atoms with Gasteiger partial charge in [0.2, 0.25) is 0 Å². The van der Waals surface area contributed by atoms with Crippen molar-refractivity contribution in [2.24, 2.45) is 0 Å². The largest absolute Gasteiger partial charge is 0.481 e. The summed E-state index contributed by atoms with van der Waals surface area (Å²) in [5.74, 6) is 0.306. The van der Waals surface area contributed by atoms with Crippen molar-refractivity contribution in [3.8, 4) is 0 Å². The molecule has 2 aromatic heterocycles. The van der Waals surface area contributed by atoms with E-state index in [0.29, 0.717) is 6.42 Å². The number of anilines is 1. The van der Waals surface area contributed by atoms with Gasteiger partial charge in [-0.3, -0.25) is 4.79 Å². The molecule has 0 saturated heterocycles. The first kappa shape index (κ1) is 16.9. The number of hydrogen-bond donors (Lipinski definition) is 2. The minimum atomic E-state index is -0.765. The number of unbranched alkanes of at least 4 members (excludes halogenated alkanes) is 1. The lowest BCUT2D eigenvalue weighted by atomic mass is 10.1. The van der Waals surface area contributed by atoms with Crippen LogP contribution in [0.1, 0.15) is 47.6 Å². The molecule has 2 N–H and O–H groups in total. The Balaban J connectivity index is 1.41. The third-order valence-electron chi connectivity index (χ3n) is 4.22. The van der Waals surface area contributed by atoms with Crippen molar-refractivity contribution in [1.82, 2.24) is 9.97 Å². The van der Waals surface area contributed by atoms with Crippen LogP contribution in [0, 0.1) is 0 Å². The second-order valence-corrected chi connectivity index (χ2v) is 7.12. The fraction of sp³-hybridized carbons (Fsp3) is 0.500. The molecular formula is C18H23N3O2S. The number of thiazole rings is 1. The first-order valence-electron chi connectivity index (χ1n) is 8.58. The van der Waals surface area contributed by atoms with Crippen LogP contribution in [-0.4, -0.2) is 27.6 Å². The van der Waals surface area contributed by atoms with E-state index in [1.807, 2.05) is 0 Å². The summed E-state index contributed by atoms with van der Waals surface area (Å²) in [6.45, 7) is 1.03. The van der Waals surface area contributed by atoms with Gasteiger partial charge in [0.25, 0.3) is 0 Å². The SMILES string of the molecule is O=C(O)CCc1nc(CCCCc2ccc3c(n2)NCCC3)cs1. The Kier molecular flexibility index (Phi) is 5.80. The van der Waals surface area contributed by atoms with Crippen LogP contribution < -0.4 is 5.32 Å². The number of carbonyl (C=O) groups is 1. The Morgan fingerprint density at radius 1 is 1.17 bits per heavy atom. The average Bonchev–Trinajstić information content (AvgIpc) is 3.05. The first-order valence-corrected chi connectivity index (χ1v) is 9.46. The van der Waals surface area contributed by atoms with E-state index in [0.717, 1.165) is 60.9 Å². The highest BCUT2D eigenvalue weighted by atomic mass is 32.1. The number of hydrogen-bond acceptors (Lipinski definition) is 5. The molecule has 5 nitrogen and oxygen atoms in total. The van der Waals surface area contributed by atoms with Crippen LogP contribution in [-0.2, 0) is 30.5 Å². The summed E-state index contributed by atoms with van der Waals surface area (Å²) in [4.78, 5) is 19.8. The molecule has 3 rings (SSSR count). The molecule has 3 heterocycles. The molecule has 0 amide bonds. The number of nitrogens with zero attached hydrogens (tertiary/aromatic N) is 2. The van der Waals surface area contributed by atoms with Crippen LogP contribution in [0.4, 0.5) is 5.82 Å². The van der Waals surface area contributed by atoms with E-state index in [-0.39, 0.29) is 6.42 Å².